The van der Waals surface area contributed by atoms with E-state index < -0.39 is 0 Å². The van der Waals surface area contributed by atoms with E-state index in [0.717, 1.165) is 41.5 Å². The van der Waals surface area contributed by atoms with Gasteiger partial charge in [-0.2, -0.15) is 0 Å². The minimum Gasteiger partial charge on any atom is -0.497 e. The van der Waals surface area contributed by atoms with Crippen LogP contribution in [0.4, 0.5) is 5.69 Å². The molecule has 1 amide bonds. The molecule has 9 heteroatoms. The predicted molar refractivity (Wildman–Crippen MR) is 182 cm³/mol. The molecule has 4 aromatic carbocycles. The standard InChI is InChI=1S/C35H37ClN4O3S/c1-23-29(30-21-26(43-4)17-18-32(30)40(23)35(42)24-13-15-25(36)16-14-24)22-34(41)37-19-5-6-20-38-44-33-12-8-9-27-28(33)10-7-11-31(27)39(2)3/h7-18,21,38H,5-6,19-20,22H2,1-4H3,(H,37,41). The largest absolute Gasteiger partial charge is 0.497 e. The van der Waals surface area contributed by atoms with Crippen molar-refractivity contribution >= 4 is 62.7 Å². The van der Waals surface area contributed by atoms with E-state index in [2.05, 4.69) is 65.4 Å². The molecular formula is C35H37ClN4O3S. The SMILES string of the molecule is COc1ccc2c(c1)c(CC(=O)NCCCCNSc1cccc3c(N(C)C)cccc13)c(C)n2C(=O)c1ccc(Cl)cc1. The molecule has 0 radical (unpaired) electrons. The van der Waals surface area contributed by atoms with E-state index in [9.17, 15) is 9.59 Å². The van der Waals surface area contributed by atoms with Gasteiger partial charge < -0.3 is 15.0 Å². The lowest BCUT2D eigenvalue weighted by atomic mass is 10.1. The van der Waals surface area contributed by atoms with Gasteiger partial charge in [-0.25, -0.2) is 0 Å². The molecule has 0 bridgehead atoms. The molecule has 0 atom stereocenters. The van der Waals surface area contributed by atoms with Crippen LogP contribution in [0.5, 0.6) is 5.75 Å². The molecule has 0 aliphatic heterocycles. The number of methoxy groups -OCH3 is 1. The van der Waals surface area contributed by atoms with Crippen LogP contribution in [0.1, 0.15) is 34.5 Å². The highest BCUT2D eigenvalue weighted by molar-refractivity contribution is 7.97. The van der Waals surface area contributed by atoms with Gasteiger partial charge in [-0.05, 0) is 97.3 Å². The van der Waals surface area contributed by atoms with Crippen LogP contribution in [0.25, 0.3) is 21.7 Å². The number of hydrogen-bond donors (Lipinski definition) is 2. The summed E-state index contributed by atoms with van der Waals surface area (Å²) in [5, 5.41) is 6.91. The summed E-state index contributed by atoms with van der Waals surface area (Å²) in [6.45, 7) is 3.28. The maximum atomic E-state index is 13.5. The number of anilines is 1. The highest BCUT2D eigenvalue weighted by Crippen LogP contribution is 2.33. The zero-order valence-electron chi connectivity index (χ0n) is 25.4. The van der Waals surface area contributed by atoms with Crippen molar-refractivity contribution in [1.82, 2.24) is 14.6 Å². The zero-order valence-corrected chi connectivity index (χ0v) is 27.0. The predicted octanol–water partition coefficient (Wildman–Crippen LogP) is 7.26. The lowest BCUT2D eigenvalue weighted by Crippen LogP contribution is -2.27. The van der Waals surface area contributed by atoms with Gasteiger partial charge in [0.25, 0.3) is 5.91 Å². The molecule has 0 aliphatic rings. The molecule has 5 rings (SSSR count). The quantitative estimate of drug-likeness (QED) is 0.112. The number of aromatic nitrogens is 1. The Hall–Kier alpha value is -3.98. The maximum absolute atomic E-state index is 13.5. The Kier molecular flexibility index (Phi) is 10.1. The number of hydrogen-bond acceptors (Lipinski definition) is 6. The van der Waals surface area contributed by atoms with Crippen LogP contribution in [0.2, 0.25) is 5.02 Å². The monoisotopic (exact) mass is 628 g/mol. The molecule has 228 valence electrons. The number of nitrogens with one attached hydrogen (secondary N) is 2. The Bertz CT molecular complexity index is 1800. The summed E-state index contributed by atoms with van der Waals surface area (Å²) in [6, 6.07) is 25.2. The number of unbranched alkanes of at least 4 members (excludes halogenated alkanes) is 1. The van der Waals surface area contributed by atoms with Crippen LogP contribution in [0.15, 0.2) is 83.8 Å². The highest BCUT2D eigenvalue weighted by atomic mass is 35.5. The van der Waals surface area contributed by atoms with Crippen molar-refractivity contribution in [1.29, 1.82) is 0 Å². The molecule has 1 heterocycles. The fraction of sp³-hybridized carbons (Fsp3) is 0.257. The molecule has 5 aromatic rings. The molecule has 2 N–H and O–H groups in total. The van der Waals surface area contributed by atoms with Gasteiger partial charge in [-0.1, -0.05) is 35.9 Å². The minimum absolute atomic E-state index is 0.0799. The second-order valence-electron chi connectivity index (χ2n) is 10.8. The molecule has 0 saturated heterocycles. The number of fused-ring (bicyclic) bond motifs is 2. The van der Waals surface area contributed by atoms with E-state index in [1.54, 1.807) is 47.9 Å². The van der Waals surface area contributed by atoms with E-state index in [1.807, 2.05) is 25.1 Å². The van der Waals surface area contributed by atoms with Crippen molar-refractivity contribution in [2.75, 3.05) is 39.2 Å². The molecular weight excluding hydrogens is 592 g/mol. The van der Waals surface area contributed by atoms with Crippen LogP contribution in [0, 0.1) is 6.92 Å². The first kappa shape index (κ1) is 31.4. The number of rotatable bonds is 12. The Morgan fingerprint density at radius 1 is 0.909 bits per heavy atom. The third-order valence-electron chi connectivity index (χ3n) is 7.72. The fourth-order valence-corrected chi connectivity index (χ4v) is 6.40. The minimum atomic E-state index is -0.173. The molecule has 1 aromatic heterocycles. The number of carbonyl (C=O) groups is 2. The van der Waals surface area contributed by atoms with Crippen LogP contribution < -0.4 is 19.7 Å². The van der Waals surface area contributed by atoms with Gasteiger partial charge in [-0.15, -0.1) is 0 Å². The Morgan fingerprint density at radius 2 is 1.64 bits per heavy atom. The van der Waals surface area contributed by atoms with Crippen molar-refractivity contribution in [3.8, 4) is 5.75 Å². The van der Waals surface area contributed by atoms with Crippen molar-refractivity contribution in [3.63, 3.8) is 0 Å². The summed E-state index contributed by atoms with van der Waals surface area (Å²) >= 11 is 7.68. The van der Waals surface area contributed by atoms with Gasteiger partial charge in [0.05, 0.1) is 19.0 Å². The van der Waals surface area contributed by atoms with Crippen molar-refractivity contribution in [2.45, 2.75) is 31.1 Å². The Morgan fingerprint density at radius 3 is 2.39 bits per heavy atom. The average Bonchev–Trinajstić information content (AvgIpc) is 3.29. The summed E-state index contributed by atoms with van der Waals surface area (Å²) in [7, 11) is 5.73. The van der Waals surface area contributed by atoms with Gasteiger partial charge in [0.2, 0.25) is 5.91 Å². The van der Waals surface area contributed by atoms with Gasteiger partial charge in [0.1, 0.15) is 5.75 Å². The number of halogens is 1. The van der Waals surface area contributed by atoms with E-state index in [0.29, 0.717) is 22.9 Å². The molecule has 0 aliphatic carbocycles. The van der Waals surface area contributed by atoms with Crippen LogP contribution in [-0.4, -0.2) is 50.7 Å². The smallest absolute Gasteiger partial charge is 0.262 e. The number of carbonyl (C=O) groups excluding carboxylic acids is 2. The lowest BCUT2D eigenvalue weighted by Gasteiger charge is -2.16. The van der Waals surface area contributed by atoms with E-state index in [1.165, 1.54) is 21.4 Å². The van der Waals surface area contributed by atoms with Gasteiger partial charge in [0.15, 0.2) is 0 Å². The van der Waals surface area contributed by atoms with Crippen molar-refractivity contribution in [3.05, 3.63) is 101 Å². The molecule has 0 spiro atoms. The summed E-state index contributed by atoms with van der Waals surface area (Å²) in [5.74, 6) is 0.416. The van der Waals surface area contributed by atoms with E-state index in [-0.39, 0.29) is 18.2 Å². The third kappa shape index (κ3) is 6.88. The molecule has 7 nitrogen and oxygen atoms in total. The van der Waals surface area contributed by atoms with Gasteiger partial charge >= 0.3 is 0 Å². The van der Waals surface area contributed by atoms with Gasteiger partial charge in [0, 0.05) is 64.8 Å². The first-order chi connectivity index (χ1) is 21.3. The second-order valence-corrected chi connectivity index (χ2v) is 12.2. The van der Waals surface area contributed by atoms with Crippen LogP contribution in [-0.2, 0) is 11.2 Å². The first-order valence-corrected chi connectivity index (χ1v) is 15.8. The van der Waals surface area contributed by atoms with Crippen LogP contribution >= 0.6 is 23.5 Å². The summed E-state index contributed by atoms with van der Waals surface area (Å²) in [5.41, 5.74) is 4.00. The zero-order chi connectivity index (χ0) is 31.2. The topological polar surface area (TPSA) is 75.6 Å². The van der Waals surface area contributed by atoms with E-state index in [4.69, 9.17) is 16.3 Å². The Labute approximate surface area is 267 Å². The highest BCUT2D eigenvalue weighted by Gasteiger charge is 2.22. The van der Waals surface area contributed by atoms with Crippen molar-refractivity contribution in [2.24, 2.45) is 0 Å². The van der Waals surface area contributed by atoms with Crippen molar-refractivity contribution < 1.29 is 14.3 Å². The average molecular weight is 629 g/mol. The molecule has 0 fully saturated rings. The summed E-state index contributed by atoms with van der Waals surface area (Å²) < 4.78 is 10.6. The second kappa shape index (κ2) is 14.2. The fourth-order valence-electron chi connectivity index (χ4n) is 5.44. The van der Waals surface area contributed by atoms with E-state index >= 15 is 0 Å². The normalized spacial score (nSPS) is 11.2. The lowest BCUT2D eigenvalue weighted by molar-refractivity contribution is -0.120. The summed E-state index contributed by atoms with van der Waals surface area (Å²) in [6.07, 6.45) is 1.94. The maximum Gasteiger partial charge on any atom is 0.262 e. The number of benzene rings is 4. The van der Waals surface area contributed by atoms with Gasteiger partial charge in [-0.3, -0.25) is 18.9 Å². The molecule has 0 unspecified atom stereocenters. The number of ether oxygens (including phenoxy) is 1. The van der Waals surface area contributed by atoms with Crippen LogP contribution in [0.3, 0.4) is 0 Å². The molecule has 0 saturated carbocycles. The number of amides is 1. The Balaban J connectivity index is 1.17. The number of nitrogens with zero attached hydrogens (tertiary/aromatic N) is 2. The first-order valence-electron chi connectivity index (χ1n) is 14.6. The molecule has 44 heavy (non-hydrogen) atoms. The summed E-state index contributed by atoms with van der Waals surface area (Å²) in [4.78, 5) is 29.9. The third-order valence-corrected chi connectivity index (χ3v) is 8.90.